The molecule has 2 rings (SSSR count). The first-order valence-electron chi connectivity index (χ1n) is 6.12. The number of aryl methyl sites for hydroxylation is 1. The number of ether oxygens (including phenoxy) is 1. The van der Waals surface area contributed by atoms with Crippen LogP contribution in [0.15, 0.2) is 24.3 Å². The van der Waals surface area contributed by atoms with Crippen molar-refractivity contribution in [3.8, 4) is 0 Å². The summed E-state index contributed by atoms with van der Waals surface area (Å²) in [5.41, 5.74) is 0.611. The Bertz CT molecular complexity index is 445. The number of hydrogen-bond acceptors (Lipinski definition) is 2. The van der Waals surface area contributed by atoms with Gasteiger partial charge in [0.15, 0.2) is 0 Å². The van der Waals surface area contributed by atoms with Gasteiger partial charge in [-0.2, -0.15) is 0 Å². The summed E-state index contributed by atoms with van der Waals surface area (Å²) in [6, 6.07) is 6.38. The van der Waals surface area contributed by atoms with Crippen LogP contribution >= 0.6 is 0 Å². The van der Waals surface area contributed by atoms with E-state index in [1.54, 1.807) is 11.0 Å². The van der Waals surface area contributed by atoms with Gasteiger partial charge < -0.3 is 9.64 Å². The number of carbonyl (C=O) groups is 1. The molecule has 18 heavy (non-hydrogen) atoms. The van der Waals surface area contributed by atoms with Crippen molar-refractivity contribution in [3.05, 3.63) is 35.6 Å². The Balaban J connectivity index is 1.93. The minimum atomic E-state index is -0.259. The zero-order chi connectivity index (χ0) is 13.2. The maximum Gasteiger partial charge on any atom is 0.225 e. The fourth-order valence-electron chi connectivity index (χ4n) is 2.13. The molecule has 1 aromatic carbocycles. The number of carbonyl (C=O) groups excluding carboxylic acids is 1. The van der Waals surface area contributed by atoms with Gasteiger partial charge in [0.2, 0.25) is 5.91 Å². The van der Waals surface area contributed by atoms with Gasteiger partial charge in [0.1, 0.15) is 12.5 Å². The Morgan fingerprint density at radius 2 is 2.28 bits per heavy atom. The Labute approximate surface area is 107 Å². The molecule has 0 radical (unpaired) electrons. The molecule has 0 atom stereocenters. The third-order valence-electron chi connectivity index (χ3n) is 3.22. The molecule has 0 bridgehead atoms. The highest BCUT2D eigenvalue weighted by molar-refractivity contribution is 5.77. The second kappa shape index (κ2) is 5.06. The predicted octanol–water partition coefficient (Wildman–Crippen LogP) is 2.35. The van der Waals surface area contributed by atoms with E-state index >= 15 is 0 Å². The summed E-state index contributed by atoms with van der Waals surface area (Å²) in [6.07, 6.45) is 0.944. The van der Waals surface area contributed by atoms with E-state index in [1.807, 2.05) is 19.9 Å². The molecule has 98 valence electrons. The van der Waals surface area contributed by atoms with Crippen molar-refractivity contribution in [2.45, 2.75) is 32.2 Å². The molecule has 1 saturated heterocycles. The van der Waals surface area contributed by atoms with E-state index in [1.165, 1.54) is 12.1 Å². The largest absolute Gasteiger partial charge is 0.359 e. The van der Waals surface area contributed by atoms with Crippen molar-refractivity contribution < 1.29 is 13.9 Å². The summed E-state index contributed by atoms with van der Waals surface area (Å²) < 4.78 is 18.3. The molecule has 3 nitrogen and oxygen atoms in total. The van der Waals surface area contributed by atoms with Crippen LogP contribution in [0.4, 0.5) is 4.39 Å². The third kappa shape index (κ3) is 2.88. The monoisotopic (exact) mass is 251 g/mol. The van der Waals surface area contributed by atoms with Crippen molar-refractivity contribution in [1.29, 1.82) is 0 Å². The molecule has 1 amide bonds. The molecule has 1 heterocycles. The van der Waals surface area contributed by atoms with Crippen LogP contribution in [-0.2, 0) is 16.0 Å². The Kier molecular flexibility index (Phi) is 3.66. The van der Waals surface area contributed by atoms with E-state index in [-0.39, 0.29) is 17.3 Å². The summed E-state index contributed by atoms with van der Waals surface area (Å²) in [6.45, 7) is 4.90. The highest BCUT2D eigenvalue weighted by Crippen LogP contribution is 2.22. The van der Waals surface area contributed by atoms with Gasteiger partial charge in [0.25, 0.3) is 0 Å². The fraction of sp³-hybridized carbons (Fsp3) is 0.500. The molecule has 0 aliphatic carbocycles. The highest BCUT2D eigenvalue weighted by atomic mass is 19.1. The average Bonchev–Trinajstić information content (AvgIpc) is 2.66. The van der Waals surface area contributed by atoms with Gasteiger partial charge in [0, 0.05) is 6.42 Å². The molecular formula is C14H18FNO2. The van der Waals surface area contributed by atoms with E-state index in [9.17, 15) is 9.18 Å². The smallest absolute Gasteiger partial charge is 0.225 e. The lowest BCUT2D eigenvalue weighted by molar-refractivity contribution is -0.135. The third-order valence-corrected chi connectivity index (χ3v) is 3.22. The number of halogens is 1. The Hall–Kier alpha value is -1.42. The summed E-state index contributed by atoms with van der Waals surface area (Å²) in [5, 5.41) is 0. The van der Waals surface area contributed by atoms with Crippen LogP contribution in [0.3, 0.4) is 0 Å². The quantitative estimate of drug-likeness (QED) is 0.825. The zero-order valence-electron chi connectivity index (χ0n) is 10.8. The van der Waals surface area contributed by atoms with Crippen LogP contribution in [0.2, 0.25) is 0 Å². The van der Waals surface area contributed by atoms with Gasteiger partial charge in [-0.1, -0.05) is 12.1 Å². The average molecular weight is 251 g/mol. The van der Waals surface area contributed by atoms with Crippen LogP contribution in [0.1, 0.15) is 25.8 Å². The van der Waals surface area contributed by atoms with E-state index in [2.05, 4.69) is 0 Å². The first kappa shape index (κ1) is 13.0. The molecule has 0 spiro atoms. The molecule has 1 aliphatic rings. The zero-order valence-corrected chi connectivity index (χ0v) is 10.8. The summed E-state index contributed by atoms with van der Waals surface area (Å²) in [5.74, 6) is -0.202. The molecular weight excluding hydrogens is 233 g/mol. The van der Waals surface area contributed by atoms with Crippen LogP contribution in [-0.4, -0.2) is 29.7 Å². The van der Waals surface area contributed by atoms with Gasteiger partial charge in [-0.15, -0.1) is 0 Å². The molecule has 0 N–H and O–H groups in total. The number of nitrogens with zero attached hydrogens (tertiary/aromatic N) is 1. The van der Waals surface area contributed by atoms with Crippen molar-refractivity contribution in [2.75, 3.05) is 13.3 Å². The first-order valence-corrected chi connectivity index (χ1v) is 6.12. The highest BCUT2D eigenvalue weighted by Gasteiger charge is 2.35. The molecule has 0 aromatic heterocycles. The van der Waals surface area contributed by atoms with Gasteiger partial charge in [0.05, 0.1) is 12.1 Å². The Morgan fingerprint density at radius 1 is 1.50 bits per heavy atom. The van der Waals surface area contributed by atoms with Gasteiger partial charge in [-0.3, -0.25) is 4.79 Å². The lowest BCUT2D eigenvalue weighted by Gasteiger charge is -2.29. The van der Waals surface area contributed by atoms with Crippen molar-refractivity contribution in [2.24, 2.45) is 0 Å². The fourth-order valence-corrected chi connectivity index (χ4v) is 2.13. The van der Waals surface area contributed by atoms with Gasteiger partial charge in [-0.05, 0) is 38.0 Å². The van der Waals surface area contributed by atoms with E-state index in [4.69, 9.17) is 4.74 Å². The van der Waals surface area contributed by atoms with Crippen molar-refractivity contribution in [1.82, 2.24) is 4.90 Å². The lowest BCUT2D eigenvalue weighted by atomic mass is 10.0. The van der Waals surface area contributed by atoms with Crippen LogP contribution in [0.5, 0.6) is 0 Å². The summed E-state index contributed by atoms with van der Waals surface area (Å²) >= 11 is 0. The van der Waals surface area contributed by atoms with Crippen molar-refractivity contribution in [3.63, 3.8) is 0 Å². The van der Waals surface area contributed by atoms with Gasteiger partial charge >= 0.3 is 0 Å². The topological polar surface area (TPSA) is 29.5 Å². The van der Waals surface area contributed by atoms with E-state index in [0.29, 0.717) is 26.2 Å². The Morgan fingerprint density at radius 3 is 2.89 bits per heavy atom. The molecule has 1 aromatic rings. The SMILES string of the molecule is CC1(C)COCN1C(=O)CCc1cccc(F)c1. The summed E-state index contributed by atoms with van der Waals surface area (Å²) in [7, 11) is 0. The molecule has 4 heteroatoms. The normalized spacial score (nSPS) is 18.1. The lowest BCUT2D eigenvalue weighted by Crippen LogP contribution is -2.44. The maximum absolute atomic E-state index is 13.0. The molecule has 0 saturated carbocycles. The predicted molar refractivity (Wildman–Crippen MR) is 66.5 cm³/mol. The van der Waals surface area contributed by atoms with E-state index in [0.717, 1.165) is 5.56 Å². The number of amides is 1. The molecule has 1 fully saturated rings. The summed E-state index contributed by atoms with van der Waals surface area (Å²) in [4.78, 5) is 13.8. The van der Waals surface area contributed by atoms with Crippen LogP contribution in [0.25, 0.3) is 0 Å². The minimum Gasteiger partial charge on any atom is -0.359 e. The standard InChI is InChI=1S/C14H18FNO2/c1-14(2)9-18-10-16(14)13(17)7-6-11-4-3-5-12(15)8-11/h3-5,8H,6-7,9-10H2,1-2H3. The molecule has 0 unspecified atom stereocenters. The number of hydrogen-bond donors (Lipinski definition) is 0. The van der Waals surface area contributed by atoms with Crippen LogP contribution < -0.4 is 0 Å². The maximum atomic E-state index is 13.0. The minimum absolute atomic E-state index is 0.0572. The van der Waals surface area contributed by atoms with E-state index < -0.39 is 0 Å². The number of benzene rings is 1. The second-order valence-electron chi connectivity index (χ2n) is 5.24. The first-order chi connectivity index (χ1) is 8.49. The number of rotatable bonds is 3. The van der Waals surface area contributed by atoms with Crippen LogP contribution in [0, 0.1) is 5.82 Å². The molecule has 1 aliphatic heterocycles. The van der Waals surface area contributed by atoms with Crippen molar-refractivity contribution >= 4 is 5.91 Å². The van der Waals surface area contributed by atoms with Gasteiger partial charge in [-0.25, -0.2) is 4.39 Å². The second-order valence-corrected chi connectivity index (χ2v) is 5.24.